The third-order valence-corrected chi connectivity index (χ3v) is 4.56. The van der Waals surface area contributed by atoms with Crippen LogP contribution in [-0.4, -0.2) is 53.5 Å². The van der Waals surface area contributed by atoms with Gasteiger partial charge in [-0.05, 0) is 12.1 Å². The number of methoxy groups -OCH3 is 1. The number of hydrogen-bond donors (Lipinski definition) is 3. The van der Waals surface area contributed by atoms with E-state index < -0.39 is 0 Å². The molecule has 1 aliphatic rings. The summed E-state index contributed by atoms with van der Waals surface area (Å²) in [6, 6.07) is 10.0. The van der Waals surface area contributed by atoms with Crippen molar-refractivity contribution in [3.8, 4) is 23.1 Å². The zero-order valence-corrected chi connectivity index (χ0v) is 15.4. The second-order valence-corrected chi connectivity index (χ2v) is 6.31. The molecule has 28 heavy (non-hydrogen) atoms. The van der Waals surface area contributed by atoms with Gasteiger partial charge >= 0.3 is 0 Å². The molecule has 0 unspecified atom stereocenters. The molecular formula is C19H20N8O. The molecule has 1 aromatic carbocycles. The first-order valence-electron chi connectivity index (χ1n) is 8.95. The van der Waals surface area contributed by atoms with Crippen LogP contribution in [0.2, 0.25) is 0 Å². The van der Waals surface area contributed by atoms with E-state index in [1.54, 1.807) is 7.11 Å². The number of nitrogens with one attached hydrogen (secondary N) is 3. The van der Waals surface area contributed by atoms with Gasteiger partial charge in [-0.2, -0.15) is 10.4 Å². The highest BCUT2D eigenvalue weighted by Gasteiger charge is 2.15. The fraction of sp³-hybridized carbons (Fsp3) is 0.263. The Labute approximate surface area is 162 Å². The van der Waals surface area contributed by atoms with Crippen LogP contribution in [-0.2, 0) is 0 Å². The van der Waals surface area contributed by atoms with Crippen LogP contribution in [0.4, 0.5) is 17.3 Å². The van der Waals surface area contributed by atoms with Crippen molar-refractivity contribution >= 4 is 17.3 Å². The van der Waals surface area contributed by atoms with Crippen molar-refractivity contribution in [2.45, 2.75) is 0 Å². The summed E-state index contributed by atoms with van der Waals surface area (Å²) in [7, 11) is 1.67. The lowest BCUT2D eigenvalue weighted by Gasteiger charge is -2.29. The zero-order valence-electron chi connectivity index (χ0n) is 15.4. The number of benzene rings is 1. The quantitative estimate of drug-likeness (QED) is 0.618. The molecule has 0 radical (unpaired) electrons. The number of aromatic amines is 1. The summed E-state index contributed by atoms with van der Waals surface area (Å²) in [6.07, 6.45) is 2.91. The largest absolute Gasteiger partial charge is 0.496 e. The van der Waals surface area contributed by atoms with E-state index in [4.69, 9.17) is 10.00 Å². The lowest BCUT2D eigenvalue weighted by molar-refractivity contribution is 0.416. The van der Waals surface area contributed by atoms with E-state index in [1.807, 2.05) is 18.2 Å². The van der Waals surface area contributed by atoms with Crippen LogP contribution in [0.25, 0.3) is 11.3 Å². The van der Waals surface area contributed by atoms with Gasteiger partial charge in [0.05, 0.1) is 25.2 Å². The highest BCUT2D eigenvalue weighted by molar-refractivity contribution is 5.73. The van der Waals surface area contributed by atoms with Gasteiger partial charge in [0, 0.05) is 49.6 Å². The minimum atomic E-state index is 0.266. The first kappa shape index (κ1) is 17.8. The molecule has 3 heterocycles. The molecule has 0 aliphatic carbocycles. The van der Waals surface area contributed by atoms with Crippen molar-refractivity contribution in [2.75, 3.05) is 43.5 Å². The van der Waals surface area contributed by atoms with Gasteiger partial charge in [-0.15, -0.1) is 0 Å². The predicted octanol–water partition coefficient (Wildman–Crippen LogP) is 1.90. The minimum absolute atomic E-state index is 0.266. The van der Waals surface area contributed by atoms with Crippen molar-refractivity contribution in [1.29, 1.82) is 5.26 Å². The van der Waals surface area contributed by atoms with Crippen molar-refractivity contribution in [3.05, 3.63) is 42.4 Å². The summed E-state index contributed by atoms with van der Waals surface area (Å²) in [6.45, 7) is 3.92. The maximum Gasteiger partial charge on any atom is 0.158 e. The van der Waals surface area contributed by atoms with Crippen LogP contribution < -0.4 is 20.3 Å². The third-order valence-electron chi connectivity index (χ3n) is 4.56. The Morgan fingerprint density at radius 3 is 2.71 bits per heavy atom. The molecule has 0 spiro atoms. The summed E-state index contributed by atoms with van der Waals surface area (Å²) >= 11 is 0. The molecule has 0 amide bonds. The van der Waals surface area contributed by atoms with Gasteiger partial charge in [-0.1, -0.05) is 0 Å². The second kappa shape index (κ2) is 7.94. The Morgan fingerprint density at radius 1 is 1.14 bits per heavy atom. The minimum Gasteiger partial charge on any atom is -0.496 e. The van der Waals surface area contributed by atoms with E-state index in [1.165, 1.54) is 12.4 Å². The van der Waals surface area contributed by atoms with Gasteiger partial charge in [0.2, 0.25) is 0 Å². The highest BCUT2D eigenvalue weighted by Crippen LogP contribution is 2.34. The van der Waals surface area contributed by atoms with E-state index in [0.29, 0.717) is 11.6 Å². The van der Waals surface area contributed by atoms with Gasteiger partial charge in [0.25, 0.3) is 0 Å². The number of nitrogens with zero attached hydrogens (tertiary/aromatic N) is 5. The smallest absolute Gasteiger partial charge is 0.158 e. The van der Waals surface area contributed by atoms with Gasteiger partial charge in [0.1, 0.15) is 17.6 Å². The molecule has 2 aromatic heterocycles. The zero-order chi connectivity index (χ0) is 19.3. The summed E-state index contributed by atoms with van der Waals surface area (Å²) in [5, 5.41) is 22.5. The van der Waals surface area contributed by atoms with Gasteiger partial charge in [-0.3, -0.25) is 5.10 Å². The fourth-order valence-electron chi connectivity index (χ4n) is 3.13. The van der Waals surface area contributed by atoms with E-state index in [2.05, 4.69) is 47.8 Å². The molecule has 142 valence electrons. The van der Waals surface area contributed by atoms with Crippen LogP contribution in [0.15, 0.2) is 36.7 Å². The lowest BCUT2D eigenvalue weighted by Crippen LogP contribution is -2.43. The molecule has 1 fully saturated rings. The van der Waals surface area contributed by atoms with E-state index >= 15 is 0 Å². The Balaban J connectivity index is 1.54. The highest BCUT2D eigenvalue weighted by atomic mass is 16.5. The van der Waals surface area contributed by atoms with Gasteiger partial charge < -0.3 is 20.3 Å². The monoisotopic (exact) mass is 376 g/mol. The summed E-state index contributed by atoms with van der Waals surface area (Å²) < 4.78 is 5.62. The molecular weight excluding hydrogens is 356 g/mol. The molecule has 4 rings (SSSR count). The number of aromatic nitrogens is 4. The summed E-state index contributed by atoms with van der Waals surface area (Å²) in [5.74, 6) is 1.89. The van der Waals surface area contributed by atoms with Crippen LogP contribution >= 0.6 is 0 Å². The van der Waals surface area contributed by atoms with Crippen molar-refractivity contribution in [1.82, 2.24) is 25.5 Å². The molecule has 0 atom stereocenters. The standard InChI is InChI=1S/C19H20N8O/c1-28-17-8-14(27-6-4-21-5-7-27)2-3-15(17)16-9-18(26-25-16)24-19-12-22-13(10-20)11-23-19/h2-3,8-9,11-12,21H,4-7H2,1H3,(H2,23,24,25,26). The number of H-pyrrole nitrogens is 1. The summed E-state index contributed by atoms with van der Waals surface area (Å²) in [5.41, 5.74) is 3.16. The number of anilines is 3. The van der Waals surface area contributed by atoms with Crippen LogP contribution in [0.1, 0.15) is 5.69 Å². The first-order chi connectivity index (χ1) is 13.8. The van der Waals surface area contributed by atoms with E-state index in [0.717, 1.165) is 48.9 Å². The SMILES string of the molecule is COc1cc(N2CCNCC2)ccc1-c1cc(Nc2cnc(C#N)cn2)n[nH]1. The maximum absolute atomic E-state index is 8.79. The number of hydrogen-bond acceptors (Lipinski definition) is 8. The van der Waals surface area contributed by atoms with Crippen molar-refractivity contribution < 1.29 is 4.74 Å². The Morgan fingerprint density at radius 2 is 2.00 bits per heavy atom. The molecule has 3 aromatic rings. The fourth-order valence-corrected chi connectivity index (χ4v) is 3.13. The second-order valence-electron chi connectivity index (χ2n) is 6.31. The molecule has 9 nitrogen and oxygen atoms in total. The van der Waals surface area contributed by atoms with Crippen LogP contribution in [0, 0.1) is 11.3 Å². The number of ether oxygens (including phenoxy) is 1. The van der Waals surface area contributed by atoms with Crippen LogP contribution in [0.3, 0.4) is 0 Å². The average Bonchev–Trinajstić information content (AvgIpc) is 3.22. The normalized spacial score (nSPS) is 13.8. The van der Waals surface area contributed by atoms with Crippen molar-refractivity contribution in [3.63, 3.8) is 0 Å². The van der Waals surface area contributed by atoms with Crippen LogP contribution in [0.5, 0.6) is 5.75 Å². The third kappa shape index (κ3) is 3.72. The van der Waals surface area contributed by atoms with Gasteiger partial charge in [0.15, 0.2) is 11.5 Å². The molecule has 0 saturated carbocycles. The Bertz CT molecular complexity index is 986. The summed E-state index contributed by atoms with van der Waals surface area (Å²) in [4.78, 5) is 10.5. The van der Waals surface area contributed by atoms with Crippen molar-refractivity contribution in [2.24, 2.45) is 0 Å². The molecule has 9 heteroatoms. The predicted molar refractivity (Wildman–Crippen MR) is 106 cm³/mol. The average molecular weight is 376 g/mol. The Hall–Kier alpha value is -3.64. The maximum atomic E-state index is 8.79. The topological polar surface area (TPSA) is 115 Å². The number of nitriles is 1. The lowest BCUT2D eigenvalue weighted by atomic mass is 10.1. The molecule has 3 N–H and O–H groups in total. The molecule has 1 aliphatic heterocycles. The van der Waals surface area contributed by atoms with Gasteiger partial charge in [-0.25, -0.2) is 9.97 Å². The molecule has 1 saturated heterocycles. The first-order valence-corrected chi connectivity index (χ1v) is 8.95. The van der Waals surface area contributed by atoms with E-state index in [-0.39, 0.29) is 5.69 Å². The number of piperazine rings is 1. The molecule has 0 bridgehead atoms. The number of rotatable bonds is 5. The van der Waals surface area contributed by atoms with E-state index in [9.17, 15) is 0 Å². The Kier molecular flexibility index (Phi) is 5.03.